The summed E-state index contributed by atoms with van der Waals surface area (Å²) in [5, 5.41) is 4.40. The van der Waals surface area contributed by atoms with Gasteiger partial charge in [-0.2, -0.15) is 5.10 Å². The van der Waals surface area contributed by atoms with Crippen LogP contribution in [0, 0.1) is 12.7 Å². The van der Waals surface area contributed by atoms with Crippen LogP contribution in [0.2, 0.25) is 0 Å². The Labute approximate surface area is 112 Å². The van der Waals surface area contributed by atoms with E-state index < -0.39 is 0 Å². The molecule has 0 unspecified atom stereocenters. The summed E-state index contributed by atoms with van der Waals surface area (Å²) < 4.78 is 15.7. The minimum absolute atomic E-state index is 0.248. The smallest absolute Gasteiger partial charge is 0.146 e. The van der Waals surface area contributed by atoms with Crippen LogP contribution in [0.4, 0.5) is 15.9 Å². The second-order valence-electron chi connectivity index (χ2n) is 4.56. The molecule has 0 aliphatic carbocycles. The first kappa shape index (κ1) is 13.5. The number of aromatic nitrogens is 2. The van der Waals surface area contributed by atoms with Crippen molar-refractivity contribution in [3.63, 3.8) is 0 Å². The average molecular weight is 262 g/mol. The zero-order valence-electron chi connectivity index (χ0n) is 11.5. The fourth-order valence-electron chi connectivity index (χ4n) is 2.38. The van der Waals surface area contributed by atoms with Crippen LogP contribution in [0.5, 0.6) is 0 Å². The predicted molar refractivity (Wildman–Crippen MR) is 75.2 cm³/mol. The number of para-hydroxylation sites is 1. The molecule has 0 saturated heterocycles. The lowest BCUT2D eigenvalue weighted by Crippen LogP contribution is -2.17. The van der Waals surface area contributed by atoms with Gasteiger partial charge in [-0.1, -0.05) is 12.1 Å². The summed E-state index contributed by atoms with van der Waals surface area (Å²) >= 11 is 0. The zero-order valence-corrected chi connectivity index (χ0v) is 11.5. The lowest BCUT2D eigenvalue weighted by atomic mass is 10.1. The SMILES string of the molecule is Cc1nn(C)c(N(C)c2ccccc2F)c1CCN. The average Bonchev–Trinajstić information content (AvgIpc) is 2.65. The molecule has 4 nitrogen and oxygen atoms in total. The van der Waals surface area contributed by atoms with Gasteiger partial charge in [0.15, 0.2) is 0 Å². The molecule has 102 valence electrons. The van der Waals surface area contributed by atoms with Crippen LogP contribution in [0.1, 0.15) is 11.3 Å². The molecule has 19 heavy (non-hydrogen) atoms. The van der Waals surface area contributed by atoms with Crippen LogP contribution in [-0.4, -0.2) is 23.4 Å². The van der Waals surface area contributed by atoms with E-state index in [2.05, 4.69) is 5.10 Å². The van der Waals surface area contributed by atoms with Crippen molar-refractivity contribution in [2.24, 2.45) is 12.8 Å². The Morgan fingerprint density at radius 3 is 2.68 bits per heavy atom. The van der Waals surface area contributed by atoms with Gasteiger partial charge in [0.1, 0.15) is 11.6 Å². The topological polar surface area (TPSA) is 47.1 Å². The van der Waals surface area contributed by atoms with Gasteiger partial charge in [-0.05, 0) is 32.0 Å². The number of anilines is 2. The first-order chi connectivity index (χ1) is 9.06. The van der Waals surface area contributed by atoms with Crippen LogP contribution >= 0.6 is 0 Å². The lowest BCUT2D eigenvalue weighted by molar-refractivity contribution is 0.625. The number of hydrogen-bond acceptors (Lipinski definition) is 3. The molecule has 0 fully saturated rings. The van der Waals surface area contributed by atoms with Gasteiger partial charge in [0.05, 0.1) is 11.4 Å². The molecule has 0 amide bonds. The van der Waals surface area contributed by atoms with E-state index in [4.69, 9.17) is 5.73 Å². The third kappa shape index (κ3) is 2.46. The Kier molecular flexibility index (Phi) is 3.85. The number of benzene rings is 1. The Bertz CT molecular complexity index is 577. The summed E-state index contributed by atoms with van der Waals surface area (Å²) in [5.41, 5.74) is 8.18. The number of aryl methyl sites for hydroxylation is 2. The molecular weight excluding hydrogens is 243 g/mol. The molecule has 0 aliphatic heterocycles. The highest BCUT2D eigenvalue weighted by Gasteiger charge is 2.19. The minimum atomic E-state index is -0.248. The van der Waals surface area contributed by atoms with Crippen molar-refractivity contribution in [2.45, 2.75) is 13.3 Å². The molecule has 0 saturated carbocycles. The fourth-order valence-corrected chi connectivity index (χ4v) is 2.38. The van der Waals surface area contributed by atoms with Crippen LogP contribution in [0.3, 0.4) is 0 Å². The highest BCUT2D eigenvalue weighted by atomic mass is 19.1. The Hall–Kier alpha value is -1.88. The highest BCUT2D eigenvalue weighted by molar-refractivity contribution is 5.64. The molecule has 0 atom stereocenters. The number of rotatable bonds is 4. The van der Waals surface area contributed by atoms with E-state index >= 15 is 0 Å². The van der Waals surface area contributed by atoms with Crippen molar-refractivity contribution in [1.82, 2.24) is 9.78 Å². The standard InChI is InChI=1S/C14H19FN4/c1-10-11(8-9-16)14(19(3)17-10)18(2)13-7-5-4-6-12(13)15/h4-7H,8-9,16H2,1-3H3. The van der Waals surface area contributed by atoms with Crippen molar-refractivity contribution in [2.75, 3.05) is 18.5 Å². The number of halogens is 1. The normalized spacial score (nSPS) is 10.8. The van der Waals surface area contributed by atoms with Crippen molar-refractivity contribution in [1.29, 1.82) is 0 Å². The first-order valence-electron chi connectivity index (χ1n) is 6.27. The van der Waals surface area contributed by atoms with Crippen molar-refractivity contribution in [3.8, 4) is 0 Å². The highest BCUT2D eigenvalue weighted by Crippen LogP contribution is 2.30. The predicted octanol–water partition coefficient (Wildman–Crippen LogP) is 2.14. The Morgan fingerprint density at radius 2 is 2.05 bits per heavy atom. The van der Waals surface area contributed by atoms with Crippen LogP contribution in [0.15, 0.2) is 24.3 Å². The molecule has 5 heteroatoms. The molecule has 1 aromatic heterocycles. The van der Waals surface area contributed by atoms with Crippen LogP contribution < -0.4 is 10.6 Å². The second kappa shape index (κ2) is 5.40. The number of nitrogens with zero attached hydrogens (tertiary/aromatic N) is 3. The van der Waals surface area contributed by atoms with E-state index in [0.29, 0.717) is 12.2 Å². The maximum absolute atomic E-state index is 13.9. The molecule has 0 spiro atoms. The maximum Gasteiger partial charge on any atom is 0.146 e. The molecule has 1 aromatic carbocycles. The molecule has 0 radical (unpaired) electrons. The van der Waals surface area contributed by atoms with E-state index in [1.165, 1.54) is 6.07 Å². The van der Waals surface area contributed by atoms with Gasteiger partial charge < -0.3 is 10.6 Å². The lowest BCUT2D eigenvalue weighted by Gasteiger charge is -2.21. The van der Waals surface area contributed by atoms with E-state index in [9.17, 15) is 4.39 Å². The molecular formula is C14H19FN4. The van der Waals surface area contributed by atoms with Crippen LogP contribution in [-0.2, 0) is 13.5 Å². The van der Waals surface area contributed by atoms with Crippen molar-refractivity contribution < 1.29 is 4.39 Å². The van der Waals surface area contributed by atoms with Crippen LogP contribution in [0.25, 0.3) is 0 Å². The molecule has 0 bridgehead atoms. The summed E-state index contributed by atoms with van der Waals surface area (Å²) in [6.45, 7) is 2.49. The van der Waals surface area contributed by atoms with Gasteiger partial charge in [-0.3, -0.25) is 4.68 Å². The number of hydrogen-bond donors (Lipinski definition) is 1. The van der Waals surface area contributed by atoms with Gasteiger partial charge in [0.2, 0.25) is 0 Å². The van der Waals surface area contributed by atoms with E-state index in [-0.39, 0.29) is 5.82 Å². The molecule has 0 aliphatic rings. The largest absolute Gasteiger partial charge is 0.330 e. The third-order valence-electron chi connectivity index (χ3n) is 3.24. The van der Waals surface area contributed by atoms with Gasteiger partial charge in [-0.25, -0.2) is 4.39 Å². The first-order valence-corrected chi connectivity index (χ1v) is 6.27. The second-order valence-corrected chi connectivity index (χ2v) is 4.56. The van der Waals surface area contributed by atoms with E-state index in [1.807, 2.05) is 32.0 Å². The van der Waals surface area contributed by atoms with Crippen molar-refractivity contribution >= 4 is 11.5 Å². The van der Waals surface area contributed by atoms with Gasteiger partial charge in [0.25, 0.3) is 0 Å². The molecule has 2 N–H and O–H groups in total. The maximum atomic E-state index is 13.9. The summed E-state index contributed by atoms with van der Waals surface area (Å²) in [4.78, 5) is 1.82. The van der Waals surface area contributed by atoms with E-state index in [1.54, 1.807) is 16.8 Å². The molecule has 1 heterocycles. The van der Waals surface area contributed by atoms with Crippen molar-refractivity contribution in [3.05, 3.63) is 41.3 Å². The third-order valence-corrected chi connectivity index (χ3v) is 3.24. The Morgan fingerprint density at radius 1 is 1.37 bits per heavy atom. The quantitative estimate of drug-likeness (QED) is 0.918. The summed E-state index contributed by atoms with van der Waals surface area (Å²) in [5.74, 6) is 0.635. The van der Waals surface area contributed by atoms with Gasteiger partial charge in [-0.15, -0.1) is 0 Å². The molecule has 2 aromatic rings. The Balaban J connectivity index is 2.49. The molecule has 2 rings (SSSR count). The van der Waals surface area contributed by atoms with Gasteiger partial charge in [0, 0.05) is 19.7 Å². The fraction of sp³-hybridized carbons (Fsp3) is 0.357. The van der Waals surface area contributed by atoms with E-state index in [0.717, 1.165) is 23.5 Å². The zero-order chi connectivity index (χ0) is 14.0. The van der Waals surface area contributed by atoms with Gasteiger partial charge >= 0.3 is 0 Å². The summed E-state index contributed by atoms with van der Waals surface area (Å²) in [6.07, 6.45) is 0.730. The summed E-state index contributed by atoms with van der Waals surface area (Å²) in [7, 11) is 3.70. The minimum Gasteiger partial charge on any atom is -0.330 e. The number of nitrogens with two attached hydrogens (primary N) is 1. The monoisotopic (exact) mass is 262 g/mol. The summed E-state index contributed by atoms with van der Waals surface area (Å²) in [6, 6.07) is 6.71.